The highest BCUT2D eigenvalue weighted by Crippen LogP contribution is 2.32. The number of aryl methyl sites for hydroxylation is 1. The lowest BCUT2D eigenvalue weighted by Gasteiger charge is -2.26. The Kier molecular flexibility index (Phi) is 12.4. The van der Waals surface area contributed by atoms with Gasteiger partial charge in [-0.1, -0.05) is 24.8 Å². The topological polar surface area (TPSA) is 177 Å². The predicted octanol–water partition coefficient (Wildman–Crippen LogP) is 5.66. The van der Waals surface area contributed by atoms with E-state index in [1.165, 1.54) is 41.2 Å². The number of aromatic nitrogens is 2. The van der Waals surface area contributed by atoms with Crippen molar-refractivity contribution in [3.8, 4) is 16.9 Å². The Balaban J connectivity index is 1.50. The molecule has 3 aromatic rings. The van der Waals surface area contributed by atoms with Crippen LogP contribution < -0.4 is 15.4 Å². The van der Waals surface area contributed by atoms with E-state index in [2.05, 4.69) is 22.3 Å². The van der Waals surface area contributed by atoms with Gasteiger partial charge in [0.1, 0.15) is 36.0 Å². The van der Waals surface area contributed by atoms with Crippen LogP contribution >= 0.6 is 0 Å². The first kappa shape index (κ1) is 39.0. The molecule has 278 valence electrons. The molecule has 0 fully saturated rings. The van der Waals surface area contributed by atoms with Gasteiger partial charge in [-0.2, -0.15) is 5.10 Å². The zero-order valence-corrected chi connectivity index (χ0v) is 29.8. The summed E-state index contributed by atoms with van der Waals surface area (Å²) in [5, 5.41) is 10.0. The number of carbonyl (C=O) groups excluding carboxylic acids is 5. The number of carbonyl (C=O) groups is 5. The fraction of sp³-hybridized carbons (Fsp3) is 0.389. The molecule has 1 aliphatic heterocycles. The van der Waals surface area contributed by atoms with Crippen molar-refractivity contribution in [1.29, 1.82) is 0 Å². The zero-order valence-electron chi connectivity index (χ0n) is 29.8. The van der Waals surface area contributed by atoms with E-state index >= 15 is 4.39 Å². The number of esters is 1. The standard InChI is InChI=1S/C36H42FN5O10/c1-8-18-48-34(47)39-29-26(20-41(40-29)17-11-16-38-33(46)51-36(5,6)7)23-15-14-22(19-27(23)37)49-21-28(32(45)50-35(2,3)4)52-42-30(43)24-12-9-10-13-25(24)31(42)44/h8-10,12-15,19-20,28H,1,11,16-18,21H2,2-7H3,(H,38,46)(H,39,40,47). The number of hydroxylamine groups is 2. The van der Waals surface area contributed by atoms with Gasteiger partial charge >= 0.3 is 18.2 Å². The molecule has 0 spiro atoms. The fourth-order valence-electron chi connectivity index (χ4n) is 4.71. The van der Waals surface area contributed by atoms with Crippen LogP contribution in [0.15, 0.2) is 61.3 Å². The van der Waals surface area contributed by atoms with E-state index in [1.807, 2.05) is 0 Å². The molecule has 2 heterocycles. The first-order valence-electron chi connectivity index (χ1n) is 16.3. The first-order chi connectivity index (χ1) is 24.5. The Morgan fingerprint density at radius 1 is 0.923 bits per heavy atom. The molecular weight excluding hydrogens is 681 g/mol. The molecule has 52 heavy (non-hydrogen) atoms. The summed E-state index contributed by atoms with van der Waals surface area (Å²) in [6.45, 7) is 13.6. The second-order valence-electron chi connectivity index (χ2n) is 13.5. The summed E-state index contributed by atoms with van der Waals surface area (Å²) >= 11 is 0. The smallest absolute Gasteiger partial charge is 0.413 e. The van der Waals surface area contributed by atoms with Gasteiger partial charge in [0.25, 0.3) is 11.8 Å². The number of nitrogens with zero attached hydrogens (tertiary/aromatic N) is 3. The second kappa shape index (κ2) is 16.5. The van der Waals surface area contributed by atoms with Gasteiger partial charge in [-0.25, -0.2) is 23.6 Å². The maximum atomic E-state index is 15.7. The normalized spacial score (nSPS) is 13.2. The van der Waals surface area contributed by atoms with E-state index in [9.17, 15) is 24.0 Å². The molecule has 1 atom stereocenters. The highest BCUT2D eigenvalue weighted by Gasteiger charge is 2.40. The summed E-state index contributed by atoms with van der Waals surface area (Å²) in [6, 6.07) is 9.93. The fourth-order valence-corrected chi connectivity index (χ4v) is 4.71. The molecule has 2 aromatic carbocycles. The molecule has 0 saturated heterocycles. The number of nitrogens with one attached hydrogen (secondary N) is 2. The van der Waals surface area contributed by atoms with Crippen molar-refractivity contribution in [3.05, 3.63) is 78.3 Å². The van der Waals surface area contributed by atoms with Crippen molar-refractivity contribution < 1.29 is 52.1 Å². The molecule has 0 saturated carbocycles. The first-order valence-corrected chi connectivity index (χ1v) is 16.3. The van der Waals surface area contributed by atoms with E-state index in [0.717, 1.165) is 6.07 Å². The molecule has 0 radical (unpaired) electrons. The predicted molar refractivity (Wildman–Crippen MR) is 185 cm³/mol. The summed E-state index contributed by atoms with van der Waals surface area (Å²) in [7, 11) is 0. The van der Waals surface area contributed by atoms with Gasteiger partial charge in [0.15, 0.2) is 5.82 Å². The van der Waals surface area contributed by atoms with Crippen molar-refractivity contribution >= 4 is 35.8 Å². The molecule has 15 nitrogen and oxygen atoms in total. The van der Waals surface area contributed by atoms with Gasteiger partial charge < -0.3 is 24.3 Å². The third-order valence-electron chi connectivity index (χ3n) is 6.84. The van der Waals surface area contributed by atoms with E-state index < -0.39 is 59.7 Å². The molecular formula is C36H42FN5O10. The third-order valence-corrected chi connectivity index (χ3v) is 6.84. The van der Waals surface area contributed by atoms with Crippen molar-refractivity contribution in [1.82, 2.24) is 20.2 Å². The van der Waals surface area contributed by atoms with Gasteiger partial charge in [-0.3, -0.25) is 19.6 Å². The number of ether oxygens (including phenoxy) is 4. The Bertz CT molecular complexity index is 1790. The van der Waals surface area contributed by atoms with Crippen LogP contribution in [0.1, 0.15) is 68.7 Å². The monoisotopic (exact) mass is 723 g/mol. The number of benzene rings is 2. The van der Waals surface area contributed by atoms with Crippen molar-refractivity contribution in [2.75, 3.05) is 25.1 Å². The minimum absolute atomic E-state index is 0.000987. The molecule has 1 unspecified atom stereocenters. The zero-order chi connectivity index (χ0) is 38.2. The van der Waals surface area contributed by atoms with Crippen LogP contribution in [0.5, 0.6) is 5.75 Å². The van der Waals surface area contributed by atoms with E-state index in [0.29, 0.717) is 11.5 Å². The maximum Gasteiger partial charge on any atom is 0.413 e. The number of hydrogen-bond donors (Lipinski definition) is 2. The summed E-state index contributed by atoms with van der Waals surface area (Å²) < 4.78 is 38.6. The maximum absolute atomic E-state index is 15.7. The van der Waals surface area contributed by atoms with Gasteiger partial charge in [0.2, 0.25) is 6.10 Å². The van der Waals surface area contributed by atoms with Crippen LogP contribution in [0.4, 0.5) is 19.8 Å². The quantitative estimate of drug-likeness (QED) is 0.0691. The number of anilines is 1. The number of alkyl carbamates (subject to hydrolysis) is 1. The van der Waals surface area contributed by atoms with Crippen molar-refractivity contribution in [2.24, 2.45) is 0 Å². The molecule has 1 aromatic heterocycles. The molecule has 0 bridgehead atoms. The van der Waals surface area contributed by atoms with Crippen LogP contribution in [0.25, 0.3) is 11.1 Å². The van der Waals surface area contributed by atoms with Gasteiger partial charge in [0, 0.05) is 36.5 Å². The summed E-state index contributed by atoms with van der Waals surface area (Å²) in [5.41, 5.74) is -1.13. The van der Waals surface area contributed by atoms with Crippen LogP contribution in [0, 0.1) is 5.82 Å². The van der Waals surface area contributed by atoms with Crippen LogP contribution in [-0.4, -0.2) is 81.9 Å². The van der Waals surface area contributed by atoms with Crippen molar-refractivity contribution in [2.45, 2.75) is 71.8 Å². The van der Waals surface area contributed by atoms with E-state index in [4.69, 9.17) is 23.8 Å². The van der Waals surface area contributed by atoms with Gasteiger partial charge in [0.05, 0.1) is 11.1 Å². The average Bonchev–Trinajstić information content (AvgIpc) is 3.55. The number of imide groups is 1. The van der Waals surface area contributed by atoms with Crippen LogP contribution in [0.2, 0.25) is 0 Å². The Hall–Kier alpha value is -5.77. The van der Waals surface area contributed by atoms with Crippen LogP contribution in [0.3, 0.4) is 0 Å². The molecule has 0 aliphatic carbocycles. The Morgan fingerprint density at radius 2 is 1.58 bits per heavy atom. The second-order valence-corrected chi connectivity index (χ2v) is 13.5. The summed E-state index contributed by atoms with van der Waals surface area (Å²) in [4.78, 5) is 68.8. The minimum Gasteiger partial charge on any atom is -0.490 e. The lowest BCUT2D eigenvalue weighted by molar-refractivity contribution is -0.193. The average molecular weight is 724 g/mol. The van der Waals surface area contributed by atoms with Gasteiger partial charge in [-0.05, 0) is 72.2 Å². The highest BCUT2D eigenvalue weighted by atomic mass is 19.1. The van der Waals surface area contributed by atoms with Crippen molar-refractivity contribution in [3.63, 3.8) is 0 Å². The molecule has 4 rings (SSSR count). The largest absolute Gasteiger partial charge is 0.490 e. The Labute approximate surface area is 299 Å². The molecule has 1 aliphatic rings. The van der Waals surface area contributed by atoms with Gasteiger partial charge in [-0.15, -0.1) is 5.06 Å². The minimum atomic E-state index is -1.59. The van der Waals surface area contributed by atoms with E-state index in [-0.39, 0.29) is 53.5 Å². The number of fused-ring (bicyclic) bond motifs is 1. The SMILES string of the molecule is C=CCOC(=O)Nc1nn(CCCNC(=O)OC(C)(C)C)cc1-c1ccc(OCC(ON2C(=O)c3ccccc3C2=O)C(=O)OC(C)(C)C)cc1F. The molecule has 2 N–H and O–H groups in total. The summed E-state index contributed by atoms with van der Waals surface area (Å²) in [6.07, 6.45) is 0.321. The lowest BCUT2D eigenvalue weighted by atomic mass is 10.1. The third kappa shape index (κ3) is 10.6. The lowest BCUT2D eigenvalue weighted by Crippen LogP contribution is -2.43. The summed E-state index contributed by atoms with van der Waals surface area (Å²) in [5.74, 6) is -3.25. The number of rotatable bonds is 14. The number of halogens is 1. The van der Waals surface area contributed by atoms with Crippen LogP contribution in [-0.2, 0) is 30.4 Å². The molecule has 16 heteroatoms. The number of amides is 4. The Morgan fingerprint density at radius 3 is 2.17 bits per heavy atom. The highest BCUT2D eigenvalue weighted by molar-refractivity contribution is 6.20. The molecule has 4 amide bonds. The number of hydrogen-bond acceptors (Lipinski definition) is 11. The van der Waals surface area contributed by atoms with E-state index in [1.54, 1.807) is 53.7 Å².